The first-order valence-corrected chi connectivity index (χ1v) is 40.0. The molecule has 0 heterocycles. The highest BCUT2D eigenvalue weighted by Gasteiger charge is 2.30. The Morgan fingerprint density at radius 1 is 0.300 bits per heavy atom. The van der Waals surface area contributed by atoms with Crippen molar-refractivity contribution >= 4 is 39.5 Å². The quantitative estimate of drug-likeness (QED) is 0.0169. The molecule has 17 nitrogen and oxygen atoms in total. The van der Waals surface area contributed by atoms with E-state index in [9.17, 15) is 43.2 Å². The Bertz CT molecular complexity index is 2620. The number of allylic oxidation sites excluding steroid dienone is 29. The monoisotopic (exact) mass is 1430 g/mol. The number of carbonyl (C=O) groups is 4. The minimum Gasteiger partial charge on any atom is -0.462 e. The summed E-state index contributed by atoms with van der Waals surface area (Å²) in [4.78, 5) is 72.7. The molecule has 0 spiro atoms. The second-order valence-electron chi connectivity index (χ2n) is 23.8. The average molecular weight is 1440 g/mol. The maximum atomic E-state index is 13.1. The number of hydrogen-bond donors (Lipinski definition) is 3. The molecule has 0 aliphatic heterocycles. The van der Waals surface area contributed by atoms with E-state index in [1.807, 2.05) is 18.2 Å². The summed E-state index contributed by atoms with van der Waals surface area (Å²) in [5.41, 5.74) is 0. The first-order chi connectivity index (χ1) is 48.7. The second-order valence-corrected chi connectivity index (χ2v) is 26.7. The van der Waals surface area contributed by atoms with Gasteiger partial charge in [-0.15, -0.1) is 0 Å². The molecule has 564 valence electrons. The summed E-state index contributed by atoms with van der Waals surface area (Å²) in [5.74, 6) is -2.44. The lowest BCUT2D eigenvalue weighted by atomic mass is 10.1. The van der Waals surface area contributed by atoms with Gasteiger partial charge in [-0.1, -0.05) is 249 Å². The Morgan fingerprint density at radius 2 is 0.560 bits per heavy atom. The van der Waals surface area contributed by atoms with Crippen molar-refractivity contribution in [2.75, 3.05) is 39.6 Å². The van der Waals surface area contributed by atoms with Gasteiger partial charge >= 0.3 is 39.5 Å². The fraction of sp³-hybridized carbons (Fsp3) is 0.580. The summed E-state index contributed by atoms with van der Waals surface area (Å²) in [7, 11) is -10.0. The molecule has 3 N–H and O–H groups in total. The van der Waals surface area contributed by atoms with Crippen LogP contribution in [-0.2, 0) is 65.4 Å². The van der Waals surface area contributed by atoms with E-state index in [4.69, 9.17) is 37.0 Å². The van der Waals surface area contributed by atoms with Crippen LogP contribution in [0.3, 0.4) is 0 Å². The molecular formula is C81H128O17P2. The van der Waals surface area contributed by atoms with Gasteiger partial charge in [0.05, 0.1) is 32.8 Å². The highest BCUT2D eigenvalue weighted by Crippen LogP contribution is 2.45. The maximum absolute atomic E-state index is 13.1. The van der Waals surface area contributed by atoms with Gasteiger partial charge in [-0.05, 0) is 154 Å². The molecule has 0 aromatic rings. The van der Waals surface area contributed by atoms with Gasteiger partial charge in [0, 0.05) is 19.3 Å². The molecule has 0 amide bonds. The van der Waals surface area contributed by atoms with Crippen molar-refractivity contribution in [2.24, 2.45) is 0 Å². The van der Waals surface area contributed by atoms with E-state index in [2.05, 4.69) is 186 Å². The van der Waals surface area contributed by atoms with Crippen LogP contribution in [0, 0.1) is 0 Å². The molecule has 0 aliphatic carbocycles. The largest absolute Gasteiger partial charge is 0.472 e. The molecular weight excluding hydrogens is 1310 g/mol. The third-order valence-corrected chi connectivity index (χ3v) is 16.3. The molecule has 5 unspecified atom stereocenters. The van der Waals surface area contributed by atoms with E-state index >= 15 is 0 Å². The number of carbonyl (C=O) groups excluding carboxylic acids is 4. The number of unbranched alkanes of at least 4 members (excludes halogenated alkanes) is 12. The van der Waals surface area contributed by atoms with Crippen molar-refractivity contribution < 1.29 is 80.2 Å². The van der Waals surface area contributed by atoms with Gasteiger partial charge in [-0.25, -0.2) is 9.13 Å². The molecule has 5 atom stereocenters. The van der Waals surface area contributed by atoms with E-state index in [-0.39, 0.29) is 25.7 Å². The number of phosphoric acid groups is 2. The molecule has 0 saturated carbocycles. The third-order valence-electron chi connectivity index (χ3n) is 14.4. The number of hydrogen-bond acceptors (Lipinski definition) is 15. The molecule has 100 heavy (non-hydrogen) atoms. The summed E-state index contributed by atoms with van der Waals surface area (Å²) in [6.07, 6.45) is 85.1. The summed E-state index contributed by atoms with van der Waals surface area (Å²) >= 11 is 0. The molecule has 0 bridgehead atoms. The molecule has 19 heteroatoms. The lowest BCUT2D eigenvalue weighted by molar-refractivity contribution is -0.161. The Balaban J connectivity index is 5.48. The highest BCUT2D eigenvalue weighted by atomic mass is 31.2. The smallest absolute Gasteiger partial charge is 0.462 e. The topological polar surface area (TPSA) is 237 Å². The number of phosphoric ester groups is 2. The van der Waals surface area contributed by atoms with Gasteiger partial charge in [0.25, 0.3) is 0 Å². The van der Waals surface area contributed by atoms with E-state index in [1.54, 1.807) is 6.08 Å². The molecule has 0 saturated heterocycles. The molecule has 0 fully saturated rings. The fourth-order valence-corrected chi connectivity index (χ4v) is 10.4. The van der Waals surface area contributed by atoms with Crippen LogP contribution in [0.4, 0.5) is 0 Å². The van der Waals surface area contributed by atoms with Crippen LogP contribution in [-0.4, -0.2) is 96.7 Å². The Hall–Kier alpha value is -5.84. The molecule has 0 aromatic carbocycles. The van der Waals surface area contributed by atoms with E-state index in [0.29, 0.717) is 32.1 Å². The minimum absolute atomic E-state index is 0.0253. The van der Waals surface area contributed by atoms with Crippen molar-refractivity contribution in [1.29, 1.82) is 0 Å². The lowest BCUT2D eigenvalue weighted by Gasteiger charge is -2.21. The summed E-state index contributed by atoms with van der Waals surface area (Å²) < 4.78 is 68.2. The van der Waals surface area contributed by atoms with Crippen LogP contribution >= 0.6 is 15.6 Å². The second kappa shape index (κ2) is 71.6. The summed E-state index contributed by atoms with van der Waals surface area (Å²) in [5, 5.41) is 10.6. The number of esters is 4. The lowest BCUT2D eigenvalue weighted by Crippen LogP contribution is -2.30. The van der Waals surface area contributed by atoms with E-state index < -0.39 is 97.5 Å². The first-order valence-electron chi connectivity index (χ1n) is 37.0. The highest BCUT2D eigenvalue weighted by molar-refractivity contribution is 7.47. The van der Waals surface area contributed by atoms with Gasteiger partial charge < -0.3 is 33.8 Å². The zero-order valence-corrected chi connectivity index (χ0v) is 63.1. The van der Waals surface area contributed by atoms with Gasteiger partial charge in [0.15, 0.2) is 12.2 Å². The van der Waals surface area contributed by atoms with E-state index in [1.165, 1.54) is 6.42 Å². The Kier molecular flexibility index (Phi) is 67.4. The summed E-state index contributed by atoms with van der Waals surface area (Å²) in [6, 6.07) is 0. The van der Waals surface area contributed by atoms with Crippen molar-refractivity contribution in [1.82, 2.24) is 0 Å². The molecule has 0 aromatic heterocycles. The number of aliphatic hydroxyl groups excluding tert-OH is 1. The van der Waals surface area contributed by atoms with Crippen molar-refractivity contribution in [3.8, 4) is 0 Å². The fourth-order valence-electron chi connectivity index (χ4n) is 8.82. The predicted octanol–water partition coefficient (Wildman–Crippen LogP) is 21.2. The van der Waals surface area contributed by atoms with Crippen LogP contribution in [0.25, 0.3) is 0 Å². The van der Waals surface area contributed by atoms with E-state index in [0.717, 1.165) is 154 Å². The van der Waals surface area contributed by atoms with Gasteiger partial charge in [-0.3, -0.25) is 37.3 Å². The number of ether oxygens (including phenoxy) is 4. The minimum atomic E-state index is -5.01. The number of rotatable bonds is 67. The zero-order valence-electron chi connectivity index (χ0n) is 61.3. The van der Waals surface area contributed by atoms with Gasteiger partial charge in [0.2, 0.25) is 0 Å². The SMILES string of the molecule is CC/C=C\C/C=C\C/C=C\C/C=C\C/C=C\CCCCCC(=O)OCC(COP(=O)(O)OCC(O)COP(=O)(O)OCC(COC(=O)C/C=C\C/C=C\C/C=C\C/C=C\C/C=C\CC)OC(=O)CCCCCCC/C=C\CCCC)OC(=O)CCCC/C=C\C/C=C\C/C=C\C/C=C\CC. The van der Waals surface area contributed by atoms with Crippen LogP contribution in [0.5, 0.6) is 0 Å². The van der Waals surface area contributed by atoms with Crippen LogP contribution in [0.1, 0.15) is 246 Å². The van der Waals surface area contributed by atoms with Crippen molar-refractivity contribution in [3.05, 3.63) is 182 Å². The maximum Gasteiger partial charge on any atom is 0.472 e. The normalized spacial score (nSPS) is 15.0. The van der Waals surface area contributed by atoms with Crippen molar-refractivity contribution in [3.63, 3.8) is 0 Å². The van der Waals surface area contributed by atoms with Crippen LogP contribution in [0.2, 0.25) is 0 Å². The van der Waals surface area contributed by atoms with Crippen LogP contribution in [0.15, 0.2) is 182 Å². The Morgan fingerprint density at radius 3 is 0.930 bits per heavy atom. The van der Waals surface area contributed by atoms with Crippen LogP contribution < -0.4 is 0 Å². The Labute approximate surface area is 603 Å². The van der Waals surface area contributed by atoms with Gasteiger partial charge in [0.1, 0.15) is 19.3 Å². The molecule has 0 radical (unpaired) electrons. The predicted molar refractivity (Wildman–Crippen MR) is 408 cm³/mol. The first kappa shape index (κ1) is 94.2. The molecule has 0 aliphatic rings. The summed E-state index contributed by atoms with van der Waals surface area (Å²) in [6.45, 7) is 4.22. The average Bonchev–Trinajstić information content (AvgIpc) is 0.985. The molecule has 0 rings (SSSR count). The zero-order chi connectivity index (χ0) is 73.2. The van der Waals surface area contributed by atoms with Crippen molar-refractivity contribution in [2.45, 2.75) is 264 Å². The standard InChI is InChI=1S/C81H128O17P2/c1-5-9-13-17-21-25-29-32-35-36-37-38-41-43-47-50-54-58-62-66-79(84)92-72-77(98-81(86)68-64-60-56-52-48-44-40-34-31-27-23-19-15-11-7-3)74-96-100(89,90)94-70-75(82)69-93-99(87,88)95-73-76(97-80(85)67-63-59-55-51-45-28-24-20-16-12-8-4)71-91-78(83)65-61-57-53-49-46-42-39-33-30-26-22-18-14-10-6-2/h9-11,13-15,20-27,32-35,37-40,43,46-49,52,57,61,75-77,82H,5-8,12,16-19,28-31,36,41-42,44-45,50-51,53-56,58-60,62-74H2,1-4H3,(H,87,88)(H,89,90)/b13-9-,14-10-,15-11-,24-20-,25-21-,26-22-,27-23-,35-32-,38-37-,39-33-,40-34-,47-43-,49-46-,52-48-,61-57-. The number of aliphatic hydroxyl groups is 1. The third kappa shape index (κ3) is 70.6. The van der Waals surface area contributed by atoms with Gasteiger partial charge in [-0.2, -0.15) is 0 Å².